The molecule has 1 unspecified atom stereocenters. The van der Waals surface area contributed by atoms with E-state index in [9.17, 15) is 8.42 Å². The molecule has 2 rings (SSSR count). The van der Waals surface area contributed by atoms with Crippen molar-refractivity contribution in [3.8, 4) is 0 Å². The van der Waals surface area contributed by atoms with E-state index in [2.05, 4.69) is 4.90 Å². The molecule has 112 valence electrons. The minimum atomic E-state index is -3.17. The van der Waals surface area contributed by atoms with Gasteiger partial charge in [-0.1, -0.05) is 0 Å². The smallest absolute Gasteiger partial charge is 0.217 e. The number of hydrogen-bond donors (Lipinski definition) is 1. The molecule has 2 saturated heterocycles. The predicted molar refractivity (Wildman–Crippen MR) is 77.4 cm³/mol. The van der Waals surface area contributed by atoms with E-state index < -0.39 is 15.3 Å². The molecule has 2 N–H and O–H groups in total. The quantitative estimate of drug-likeness (QED) is 0.799. The molecule has 1 atom stereocenters. The highest BCUT2D eigenvalue weighted by molar-refractivity contribution is 7.89. The second-order valence-electron chi connectivity index (χ2n) is 5.94. The Labute approximate surface area is 117 Å². The maximum absolute atomic E-state index is 12.2. The molecule has 19 heavy (non-hydrogen) atoms. The van der Waals surface area contributed by atoms with Crippen molar-refractivity contribution in [1.82, 2.24) is 9.21 Å². The number of nitrogens with zero attached hydrogens (tertiary/aromatic N) is 2. The van der Waals surface area contributed by atoms with E-state index in [1.54, 1.807) is 11.2 Å². The molecule has 2 aliphatic heterocycles. The Bertz CT molecular complexity index is 371. The van der Waals surface area contributed by atoms with Crippen LogP contribution in [0, 0.1) is 5.92 Å². The average Bonchev–Trinajstić information content (AvgIpc) is 2.91. The van der Waals surface area contributed by atoms with Gasteiger partial charge in [-0.05, 0) is 51.6 Å². The van der Waals surface area contributed by atoms with Gasteiger partial charge in [0.1, 0.15) is 0 Å². The van der Waals surface area contributed by atoms with E-state index in [1.807, 2.05) is 0 Å². The summed E-state index contributed by atoms with van der Waals surface area (Å²) in [6.45, 7) is 6.85. The molecule has 0 bridgehead atoms. The molecular weight excluding hydrogens is 262 g/mol. The molecule has 0 aromatic rings. The van der Waals surface area contributed by atoms with E-state index in [-0.39, 0.29) is 6.54 Å². The van der Waals surface area contributed by atoms with E-state index in [0.29, 0.717) is 19.0 Å². The molecule has 0 spiro atoms. The predicted octanol–water partition coefficient (Wildman–Crippen LogP) is 0.471. The summed E-state index contributed by atoms with van der Waals surface area (Å²) < 4.78 is 26.1. The lowest BCUT2D eigenvalue weighted by molar-refractivity contribution is 0.205. The first-order valence-corrected chi connectivity index (χ1v) is 8.95. The Morgan fingerprint density at radius 1 is 1.16 bits per heavy atom. The fourth-order valence-electron chi connectivity index (χ4n) is 3.05. The zero-order valence-electron chi connectivity index (χ0n) is 11.9. The van der Waals surface area contributed by atoms with E-state index in [0.717, 1.165) is 19.4 Å². The molecular formula is C13H27N3O2S. The average molecular weight is 289 g/mol. The Kier molecular flexibility index (Phi) is 5.22. The third kappa shape index (κ3) is 3.68. The number of piperidine rings is 1. The van der Waals surface area contributed by atoms with Gasteiger partial charge in [0.05, 0.1) is 5.25 Å². The van der Waals surface area contributed by atoms with Gasteiger partial charge < -0.3 is 10.6 Å². The minimum absolute atomic E-state index is 0.204. The van der Waals surface area contributed by atoms with Crippen LogP contribution < -0.4 is 5.73 Å². The molecule has 2 fully saturated rings. The zero-order chi connectivity index (χ0) is 13.9. The summed E-state index contributed by atoms with van der Waals surface area (Å²) in [6, 6.07) is 0. The molecule has 2 heterocycles. The second kappa shape index (κ2) is 6.52. The maximum atomic E-state index is 12.2. The van der Waals surface area contributed by atoms with Gasteiger partial charge in [0, 0.05) is 26.2 Å². The molecule has 0 aromatic carbocycles. The molecule has 6 heteroatoms. The van der Waals surface area contributed by atoms with Crippen molar-refractivity contribution < 1.29 is 8.42 Å². The van der Waals surface area contributed by atoms with Crippen LogP contribution in [0.25, 0.3) is 0 Å². The first kappa shape index (κ1) is 15.2. The van der Waals surface area contributed by atoms with Crippen LogP contribution in [0.2, 0.25) is 0 Å². The molecule has 0 radical (unpaired) electrons. The Hall–Kier alpha value is -0.170. The van der Waals surface area contributed by atoms with Crippen LogP contribution in [0.15, 0.2) is 0 Å². The zero-order valence-corrected chi connectivity index (χ0v) is 12.7. The highest BCUT2D eigenvalue weighted by Crippen LogP contribution is 2.23. The van der Waals surface area contributed by atoms with Crippen molar-refractivity contribution >= 4 is 10.0 Å². The summed E-state index contributed by atoms with van der Waals surface area (Å²) in [5.41, 5.74) is 5.49. The summed E-state index contributed by atoms with van der Waals surface area (Å²) in [5.74, 6) is 0.665. The molecule has 0 amide bonds. The number of hydrogen-bond acceptors (Lipinski definition) is 4. The summed E-state index contributed by atoms with van der Waals surface area (Å²) in [4.78, 5) is 2.53. The van der Waals surface area contributed by atoms with Crippen LogP contribution in [-0.2, 0) is 10.0 Å². The van der Waals surface area contributed by atoms with Crippen LogP contribution in [0.1, 0.15) is 32.6 Å². The van der Waals surface area contributed by atoms with Crippen molar-refractivity contribution in [3.63, 3.8) is 0 Å². The van der Waals surface area contributed by atoms with Crippen molar-refractivity contribution in [3.05, 3.63) is 0 Å². The fourth-order valence-corrected chi connectivity index (χ4v) is 4.52. The van der Waals surface area contributed by atoms with Gasteiger partial charge in [0.15, 0.2) is 0 Å². The van der Waals surface area contributed by atoms with Gasteiger partial charge in [0.25, 0.3) is 0 Å². The molecule has 2 aliphatic rings. The summed E-state index contributed by atoms with van der Waals surface area (Å²) in [5, 5.41) is -0.456. The summed E-state index contributed by atoms with van der Waals surface area (Å²) in [6.07, 6.45) is 4.63. The van der Waals surface area contributed by atoms with Crippen LogP contribution >= 0.6 is 0 Å². The van der Waals surface area contributed by atoms with Gasteiger partial charge >= 0.3 is 0 Å². The lowest BCUT2D eigenvalue weighted by Gasteiger charge is -2.34. The lowest BCUT2D eigenvalue weighted by atomic mass is 9.98. The van der Waals surface area contributed by atoms with Gasteiger partial charge in [-0.25, -0.2) is 12.7 Å². The van der Waals surface area contributed by atoms with Crippen molar-refractivity contribution in [2.75, 3.05) is 39.3 Å². The van der Waals surface area contributed by atoms with Gasteiger partial charge in [0.2, 0.25) is 10.0 Å². The largest absolute Gasteiger partial charge is 0.329 e. The van der Waals surface area contributed by atoms with Gasteiger partial charge in [-0.3, -0.25) is 0 Å². The Morgan fingerprint density at radius 3 is 2.26 bits per heavy atom. The second-order valence-corrected chi connectivity index (χ2v) is 8.29. The van der Waals surface area contributed by atoms with Gasteiger partial charge in [-0.2, -0.15) is 0 Å². The first-order chi connectivity index (χ1) is 9.04. The third-order valence-corrected chi connectivity index (χ3v) is 6.78. The Morgan fingerprint density at radius 2 is 1.74 bits per heavy atom. The third-order valence-electron chi connectivity index (χ3n) is 4.49. The topological polar surface area (TPSA) is 66.6 Å². The highest BCUT2D eigenvalue weighted by Gasteiger charge is 2.32. The number of sulfonamides is 1. The first-order valence-electron chi connectivity index (χ1n) is 7.45. The van der Waals surface area contributed by atoms with Gasteiger partial charge in [-0.15, -0.1) is 0 Å². The normalized spacial score (nSPS) is 25.8. The van der Waals surface area contributed by atoms with Crippen molar-refractivity contribution in [2.24, 2.45) is 11.7 Å². The highest BCUT2D eigenvalue weighted by atomic mass is 32.2. The SMILES string of the molecule is CC(CN)S(=O)(=O)N1CCC(CN2CCCC2)CC1. The molecule has 5 nitrogen and oxygen atoms in total. The van der Waals surface area contributed by atoms with Crippen LogP contribution in [0.3, 0.4) is 0 Å². The fraction of sp³-hybridized carbons (Fsp3) is 1.00. The van der Waals surface area contributed by atoms with E-state index in [4.69, 9.17) is 5.73 Å². The summed E-state index contributed by atoms with van der Waals surface area (Å²) in [7, 11) is -3.17. The van der Waals surface area contributed by atoms with Crippen LogP contribution in [-0.4, -0.2) is 62.1 Å². The van der Waals surface area contributed by atoms with E-state index in [1.165, 1.54) is 25.9 Å². The maximum Gasteiger partial charge on any atom is 0.217 e. The molecule has 0 saturated carbocycles. The number of nitrogens with two attached hydrogens (primary N) is 1. The molecule has 0 aliphatic carbocycles. The minimum Gasteiger partial charge on any atom is -0.329 e. The van der Waals surface area contributed by atoms with Crippen molar-refractivity contribution in [2.45, 2.75) is 37.9 Å². The molecule has 0 aromatic heterocycles. The summed E-state index contributed by atoms with van der Waals surface area (Å²) >= 11 is 0. The monoisotopic (exact) mass is 289 g/mol. The lowest BCUT2D eigenvalue weighted by Crippen LogP contribution is -2.46. The van der Waals surface area contributed by atoms with Crippen LogP contribution in [0.4, 0.5) is 0 Å². The number of rotatable bonds is 5. The standard InChI is InChI=1S/C13H27N3O2S/c1-12(10-14)19(17,18)16-8-4-13(5-9-16)11-15-6-2-3-7-15/h12-13H,2-11,14H2,1H3. The Balaban J connectivity index is 1.81. The number of likely N-dealkylation sites (tertiary alicyclic amines) is 1. The van der Waals surface area contributed by atoms with E-state index >= 15 is 0 Å². The van der Waals surface area contributed by atoms with Crippen LogP contribution in [0.5, 0.6) is 0 Å². The van der Waals surface area contributed by atoms with Crippen molar-refractivity contribution in [1.29, 1.82) is 0 Å².